The Kier molecular flexibility index (Phi) is 6.82. The summed E-state index contributed by atoms with van der Waals surface area (Å²) in [5.74, 6) is 0.882. The van der Waals surface area contributed by atoms with Crippen LogP contribution in [0.25, 0.3) is 0 Å². The van der Waals surface area contributed by atoms with Gasteiger partial charge in [-0.3, -0.25) is 4.99 Å². The fourth-order valence-corrected chi connectivity index (χ4v) is 2.51. The lowest BCUT2D eigenvalue weighted by molar-refractivity contribution is -0.890. The summed E-state index contributed by atoms with van der Waals surface area (Å²) >= 11 is 0. The first-order valence-corrected chi connectivity index (χ1v) is 8.42. The van der Waals surface area contributed by atoms with Gasteiger partial charge in [-0.25, -0.2) is 0 Å². The van der Waals surface area contributed by atoms with Gasteiger partial charge in [0, 0.05) is 23.4 Å². The molecule has 0 spiro atoms. The monoisotopic (exact) mass is 327 g/mol. The molecule has 0 unspecified atom stereocenters. The van der Waals surface area contributed by atoms with Crippen molar-refractivity contribution in [2.75, 3.05) is 27.2 Å². The molecule has 24 heavy (non-hydrogen) atoms. The van der Waals surface area contributed by atoms with E-state index in [0.717, 1.165) is 6.42 Å². The van der Waals surface area contributed by atoms with Crippen LogP contribution in [0.3, 0.4) is 0 Å². The molecule has 0 aliphatic rings. The Morgan fingerprint density at radius 2 is 1.92 bits per heavy atom. The number of nitrogens with zero attached hydrogens (tertiary/aromatic N) is 1. The van der Waals surface area contributed by atoms with E-state index in [0.29, 0.717) is 24.5 Å². The number of aromatic hydroxyl groups is 1. The molecule has 0 saturated heterocycles. The van der Waals surface area contributed by atoms with Gasteiger partial charge in [0.15, 0.2) is 0 Å². The van der Waals surface area contributed by atoms with Crippen molar-refractivity contribution >= 4 is 6.21 Å². The lowest BCUT2D eigenvalue weighted by Gasteiger charge is -2.19. The second-order valence-electron chi connectivity index (χ2n) is 6.10. The minimum Gasteiger partial charge on any atom is -0.507 e. The second kappa shape index (κ2) is 9.08. The van der Waals surface area contributed by atoms with Crippen LogP contribution < -0.4 is 9.64 Å². The Labute approximate surface area is 144 Å². The number of quaternary nitrogens is 1. The first-order valence-electron chi connectivity index (χ1n) is 8.42. The molecule has 0 fully saturated rings. The Morgan fingerprint density at radius 3 is 2.54 bits per heavy atom. The molecule has 0 aliphatic carbocycles. The van der Waals surface area contributed by atoms with Crippen molar-refractivity contribution in [3.05, 3.63) is 59.7 Å². The molecule has 4 nitrogen and oxygen atoms in total. The van der Waals surface area contributed by atoms with Crippen molar-refractivity contribution in [3.63, 3.8) is 0 Å². The quantitative estimate of drug-likeness (QED) is 0.732. The maximum atomic E-state index is 10.1. The molecule has 0 aliphatic heterocycles. The van der Waals surface area contributed by atoms with Gasteiger partial charge >= 0.3 is 0 Å². The van der Waals surface area contributed by atoms with E-state index < -0.39 is 0 Å². The summed E-state index contributed by atoms with van der Waals surface area (Å²) in [6.45, 7) is 3.37. The minimum atomic E-state index is 0.195. The molecule has 2 N–H and O–H groups in total. The third-order valence-corrected chi connectivity index (χ3v) is 3.89. The summed E-state index contributed by atoms with van der Waals surface area (Å²) < 4.78 is 5.52. The molecule has 2 aromatic rings. The maximum Gasteiger partial charge on any atom is 0.132 e. The lowest BCUT2D eigenvalue weighted by Crippen LogP contribution is -3.06. The van der Waals surface area contributed by atoms with Crippen LogP contribution in [0.4, 0.5) is 0 Å². The zero-order chi connectivity index (χ0) is 17.4. The molecule has 0 heterocycles. The smallest absolute Gasteiger partial charge is 0.132 e. The predicted octanol–water partition coefficient (Wildman–Crippen LogP) is 2.49. The fourth-order valence-electron chi connectivity index (χ4n) is 2.51. The van der Waals surface area contributed by atoms with Gasteiger partial charge in [-0.05, 0) is 18.6 Å². The highest BCUT2D eigenvalue weighted by Crippen LogP contribution is 2.22. The summed E-state index contributed by atoms with van der Waals surface area (Å²) in [4.78, 5) is 5.87. The van der Waals surface area contributed by atoms with Crippen molar-refractivity contribution in [1.29, 1.82) is 0 Å². The molecule has 2 rings (SSSR count). The molecule has 1 atom stereocenters. The molecule has 0 bridgehead atoms. The number of rotatable bonds is 8. The van der Waals surface area contributed by atoms with Gasteiger partial charge in [-0.15, -0.1) is 0 Å². The topological polar surface area (TPSA) is 46.3 Å². The van der Waals surface area contributed by atoms with E-state index in [1.54, 1.807) is 12.3 Å². The Hall–Kier alpha value is -2.33. The fraction of sp³-hybridized carbons (Fsp3) is 0.350. The van der Waals surface area contributed by atoms with Crippen LogP contribution in [0.15, 0.2) is 53.5 Å². The van der Waals surface area contributed by atoms with Crippen molar-refractivity contribution < 1.29 is 14.7 Å². The number of nitrogens with one attached hydrogen (secondary N) is 1. The van der Waals surface area contributed by atoms with E-state index in [-0.39, 0.29) is 11.8 Å². The summed E-state index contributed by atoms with van der Waals surface area (Å²) in [5.41, 5.74) is 1.97. The van der Waals surface area contributed by atoms with Crippen LogP contribution in [0.5, 0.6) is 11.5 Å². The Balaban J connectivity index is 2.04. The second-order valence-corrected chi connectivity index (χ2v) is 6.10. The maximum absolute atomic E-state index is 10.1. The van der Waals surface area contributed by atoms with Crippen molar-refractivity contribution in [1.82, 2.24) is 0 Å². The molecular weight excluding hydrogens is 300 g/mol. The van der Waals surface area contributed by atoms with Gasteiger partial charge in [0.05, 0.1) is 27.2 Å². The molecule has 0 amide bonds. The largest absolute Gasteiger partial charge is 0.507 e. The van der Waals surface area contributed by atoms with Gasteiger partial charge < -0.3 is 14.7 Å². The highest BCUT2D eigenvalue weighted by atomic mass is 16.5. The van der Waals surface area contributed by atoms with Crippen LogP contribution in [0, 0.1) is 0 Å². The highest BCUT2D eigenvalue weighted by Gasteiger charge is 2.16. The van der Waals surface area contributed by atoms with Gasteiger partial charge in [-0.2, -0.15) is 0 Å². The van der Waals surface area contributed by atoms with Crippen molar-refractivity contribution in [2.45, 2.75) is 19.4 Å². The minimum absolute atomic E-state index is 0.195. The van der Waals surface area contributed by atoms with E-state index in [4.69, 9.17) is 4.74 Å². The van der Waals surface area contributed by atoms with E-state index in [1.165, 1.54) is 10.5 Å². The number of aliphatic imine (C=N–C) groups is 1. The third kappa shape index (κ3) is 5.10. The highest BCUT2D eigenvalue weighted by molar-refractivity contribution is 5.83. The molecular formula is C20H27N2O2+. The number of phenols is 1. The van der Waals surface area contributed by atoms with Gasteiger partial charge in [-0.1, -0.05) is 37.3 Å². The standard InChI is InChI=1S/C20H26N2O2/c1-4-12-24-18-11-10-17(20(23)13-18)14-21-15-19(22(2)3)16-8-6-5-7-9-16/h5-11,13-14,19,23H,4,12,15H2,1-3H3/p+1/t19-/m1/s1. The number of hydrogen-bond acceptors (Lipinski definition) is 3. The third-order valence-electron chi connectivity index (χ3n) is 3.89. The number of phenolic OH excluding ortho intramolecular Hbond substituents is 1. The van der Waals surface area contributed by atoms with E-state index >= 15 is 0 Å². The predicted molar refractivity (Wildman–Crippen MR) is 98.3 cm³/mol. The summed E-state index contributed by atoms with van der Waals surface area (Å²) in [6.07, 6.45) is 2.68. The van der Waals surface area contributed by atoms with Crippen molar-refractivity contribution in [3.8, 4) is 11.5 Å². The molecule has 128 valence electrons. The number of benzene rings is 2. The Morgan fingerprint density at radius 1 is 1.17 bits per heavy atom. The normalized spacial score (nSPS) is 12.7. The van der Waals surface area contributed by atoms with Crippen LogP contribution >= 0.6 is 0 Å². The zero-order valence-electron chi connectivity index (χ0n) is 14.7. The molecule has 0 aromatic heterocycles. The summed E-state index contributed by atoms with van der Waals surface area (Å²) in [7, 11) is 4.26. The van der Waals surface area contributed by atoms with Crippen LogP contribution in [-0.2, 0) is 0 Å². The van der Waals surface area contributed by atoms with Crippen molar-refractivity contribution in [2.24, 2.45) is 4.99 Å². The summed E-state index contributed by atoms with van der Waals surface area (Å²) in [5, 5.41) is 10.1. The molecule has 2 aromatic carbocycles. The number of likely N-dealkylation sites (N-methyl/N-ethyl adjacent to an activating group) is 1. The Bertz CT molecular complexity index is 654. The van der Waals surface area contributed by atoms with Gasteiger partial charge in [0.2, 0.25) is 0 Å². The molecule has 0 radical (unpaired) electrons. The van der Waals surface area contributed by atoms with Crippen LogP contribution in [-0.4, -0.2) is 38.6 Å². The average Bonchev–Trinajstić information content (AvgIpc) is 2.58. The van der Waals surface area contributed by atoms with Crippen LogP contribution in [0.2, 0.25) is 0 Å². The average molecular weight is 327 g/mol. The van der Waals surface area contributed by atoms with Gasteiger partial charge in [0.1, 0.15) is 17.5 Å². The first-order chi connectivity index (χ1) is 11.6. The summed E-state index contributed by atoms with van der Waals surface area (Å²) in [6, 6.07) is 16.0. The van der Waals surface area contributed by atoms with Gasteiger partial charge in [0.25, 0.3) is 0 Å². The SMILES string of the molecule is CCCOc1ccc(C=NC[C@H](c2ccccc2)[NH+](C)C)c(O)c1. The molecule has 4 heteroatoms. The van der Waals surface area contributed by atoms with E-state index in [9.17, 15) is 5.11 Å². The van der Waals surface area contributed by atoms with Crippen LogP contribution in [0.1, 0.15) is 30.5 Å². The van der Waals surface area contributed by atoms with E-state index in [2.05, 4.69) is 50.3 Å². The lowest BCUT2D eigenvalue weighted by atomic mass is 10.1. The van der Waals surface area contributed by atoms with E-state index in [1.807, 2.05) is 18.2 Å². The number of hydrogen-bond donors (Lipinski definition) is 2. The first kappa shape index (κ1) is 18.0. The zero-order valence-corrected chi connectivity index (χ0v) is 14.7. The molecule has 0 saturated carbocycles. The number of ether oxygens (including phenoxy) is 1.